The van der Waals surface area contributed by atoms with Gasteiger partial charge in [-0.3, -0.25) is 0 Å². The number of rotatable bonds is 16. The molecule has 0 aliphatic carbocycles. The summed E-state index contributed by atoms with van der Waals surface area (Å²) in [6.07, 6.45) is 19.8. The monoisotopic (exact) mass is 309 g/mol. The maximum atomic E-state index is 2.49. The maximum Gasteiger partial charge on any atom is -0.0185 e. The molecule has 1 radical (unpaired) electrons. The average molecular weight is 310 g/mol. The topological polar surface area (TPSA) is 0 Å². The SMILES string of the molecule is CCCCCCCCC[C](C(C)CCCC)C(C)CCCC. The number of hydrogen-bond acceptors (Lipinski definition) is 0. The van der Waals surface area contributed by atoms with Gasteiger partial charge in [0.1, 0.15) is 0 Å². The van der Waals surface area contributed by atoms with Crippen molar-refractivity contribution in [1.82, 2.24) is 0 Å². The van der Waals surface area contributed by atoms with Crippen molar-refractivity contribution in [2.24, 2.45) is 11.8 Å². The standard InChI is InChI=1S/C22H45/c1-6-9-12-13-14-15-16-19-22(20(4)17-10-7-2)21(5)18-11-8-3/h20-21H,6-19H2,1-5H3. The van der Waals surface area contributed by atoms with Gasteiger partial charge in [-0.2, -0.15) is 0 Å². The first-order valence-electron chi connectivity index (χ1n) is 10.5. The van der Waals surface area contributed by atoms with Crippen molar-refractivity contribution >= 4 is 0 Å². The summed E-state index contributed by atoms with van der Waals surface area (Å²) in [6.45, 7) is 11.9. The molecule has 0 rings (SSSR count). The van der Waals surface area contributed by atoms with Crippen LogP contribution in [0.1, 0.15) is 125 Å². The molecule has 0 spiro atoms. The highest BCUT2D eigenvalue weighted by Gasteiger charge is 2.23. The van der Waals surface area contributed by atoms with Crippen LogP contribution in [0.2, 0.25) is 0 Å². The van der Waals surface area contributed by atoms with Gasteiger partial charge in [0.15, 0.2) is 0 Å². The van der Waals surface area contributed by atoms with E-state index in [1.165, 1.54) is 89.9 Å². The Balaban J connectivity index is 4.05. The van der Waals surface area contributed by atoms with Gasteiger partial charge in [-0.15, -0.1) is 0 Å². The first-order valence-corrected chi connectivity index (χ1v) is 10.5. The van der Waals surface area contributed by atoms with Crippen LogP contribution in [0, 0.1) is 17.8 Å². The van der Waals surface area contributed by atoms with E-state index in [0.29, 0.717) is 0 Å². The zero-order chi connectivity index (χ0) is 16.6. The molecule has 2 unspecified atom stereocenters. The third-order valence-corrected chi connectivity index (χ3v) is 5.32. The van der Waals surface area contributed by atoms with E-state index >= 15 is 0 Å². The van der Waals surface area contributed by atoms with Gasteiger partial charge < -0.3 is 0 Å². The van der Waals surface area contributed by atoms with Gasteiger partial charge in [-0.25, -0.2) is 0 Å². The molecule has 0 heteroatoms. The highest BCUT2D eigenvalue weighted by Crippen LogP contribution is 2.35. The molecular formula is C22H45. The molecule has 0 heterocycles. The molecule has 0 aromatic rings. The molecule has 0 aliphatic heterocycles. The fourth-order valence-electron chi connectivity index (χ4n) is 3.66. The van der Waals surface area contributed by atoms with Crippen molar-refractivity contribution in [2.45, 2.75) is 125 Å². The Kier molecular flexibility index (Phi) is 15.9. The molecule has 2 atom stereocenters. The average Bonchev–Trinajstić information content (AvgIpc) is 2.53. The van der Waals surface area contributed by atoms with Crippen LogP contribution in [0.25, 0.3) is 0 Å². The molecule has 0 aliphatic rings. The fraction of sp³-hybridized carbons (Fsp3) is 0.955. The Morgan fingerprint density at radius 2 is 0.955 bits per heavy atom. The van der Waals surface area contributed by atoms with Crippen LogP contribution in [-0.4, -0.2) is 0 Å². The Bertz CT molecular complexity index is 194. The van der Waals surface area contributed by atoms with Gasteiger partial charge in [0.05, 0.1) is 0 Å². The van der Waals surface area contributed by atoms with Crippen LogP contribution in [0.3, 0.4) is 0 Å². The van der Waals surface area contributed by atoms with Crippen molar-refractivity contribution in [2.75, 3.05) is 0 Å². The minimum Gasteiger partial charge on any atom is -0.0654 e. The van der Waals surface area contributed by atoms with E-state index in [9.17, 15) is 0 Å². The third-order valence-electron chi connectivity index (χ3n) is 5.32. The van der Waals surface area contributed by atoms with Crippen molar-refractivity contribution in [3.05, 3.63) is 5.92 Å². The van der Waals surface area contributed by atoms with Gasteiger partial charge in [-0.1, -0.05) is 118 Å². The van der Waals surface area contributed by atoms with Crippen LogP contribution in [0.5, 0.6) is 0 Å². The van der Waals surface area contributed by atoms with Gasteiger partial charge in [0.25, 0.3) is 0 Å². The molecule has 0 aromatic carbocycles. The summed E-state index contributed by atoms with van der Waals surface area (Å²) in [6, 6.07) is 0. The molecule has 133 valence electrons. The maximum absolute atomic E-state index is 2.49. The lowest BCUT2D eigenvalue weighted by Gasteiger charge is -2.29. The van der Waals surface area contributed by atoms with Crippen LogP contribution in [0.4, 0.5) is 0 Å². The van der Waals surface area contributed by atoms with Crippen molar-refractivity contribution in [3.63, 3.8) is 0 Å². The fourth-order valence-corrected chi connectivity index (χ4v) is 3.66. The summed E-state index contributed by atoms with van der Waals surface area (Å²) >= 11 is 0. The zero-order valence-electron chi connectivity index (χ0n) is 16.6. The normalized spacial score (nSPS) is 14.5. The van der Waals surface area contributed by atoms with Crippen molar-refractivity contribution in [1.29, 1.82) is 0 Å². The van der Waals surface area contributed by atoms with Gasteiger partial charge >= 0.3 is 0 Å². The summed E-state index contributed by atoms with van der Waals surface area (Å²) in [7, 11) is 0. The van der Waals surface area contributed by atoms with Crippen molar-refractivity contribution < 1.29 is 0 Å². The van der Waals surface area contributed by atoms with E-state index in [1.807, 2.05) is 5.92 Å². The minimum atomic E-state index is 0.854. The highest BCUT2D eigenvalue weighted by molar-refractivity contribution is 4.98. The summed E-state index contributed by atoms with van der Waals surface area (Å²) in [5.41, 5.74) is 0. The van der Waals surface area contributed by atoms with Crippen LogP contribution >= 0.6 is 0 Å². The van der Waals surface area contributed by atoms with Crippen LogP contribution < -0.4 is 0 Å². The third kappa shape index (κ3) is 11.6. The van der Waals surface area contributed by atoms with E-state index in [0.717, 1.165) is 11.8 Å². The quantitative estimate of drug-likeness (QED) is 0.251. The Hall–Kier alpha value is 0. The molecule has 22 heavy (non-hydrogen) atoms. The van der Waals surface area contributed by atoms with E-state index in [-0.39, 0.29) is 0 Å². The van der Waals surface area contributed by atoms with E-state index < -0.39 is 0 Å². The second-order valence-corrected chi connectivity index (χ2v) is 7.53. The second kappa shape index (κ2) is 15.9. The van der Waals surface area contributed by atoms with Crippen LogP contribution in [-0.2, 0) is 0 Å². The molecule has 0 fully saturated rings. The first kappa shape index (κ1) is 22.0. The zero-order valence-corrected chi connectivity index (χ0v) is 16.6. The highest BCUT2D eigenvalue weighted by atomic mass is 14.3. The van der Waals surface area contributed by atoms with E-state index in [1.54, 1.807) is 0 Å². The number of unbranched alkanes of at least 4 members (excludes halogenated alkanes) is 8. The molecule has 0 bridgehead atoms. The summed E-state index contributed by atoms with van der Waals surface area (Å²) < 4.78 is 0. The van der Waals surface area contributed by atoms with Gasteiger partial charge in [0, 0.05) is 0 Å². The van der Waals surface area contributed by atoms with Crippen LogP contribution in [0.15, 0.2) is 0 Å². The largest absolute Gasteiger partial charge is 0.0654 e. The molecule has 0 saturated carbocycles. The second-order valence-electron chi connectivity index (χ2n) is 7.53. The molecule has 0 nitrogen and oxygen atoms in total. The Labute approximate surface area is 142 Å². The Morgan fingerprint density at radius 1 is 0.545 bits per heavy atom. The molecule has 0 amide bonds. The lowest BCUT2D eigenvalue weighted by Crippen LogP contribution is -2.18. The molecule has 0 N–H and O–H groups in total. The van der Waals surface area contributed by atoms with Crippen molar-refractivity contribution in [3.8, 4) is 0 Å². The summed E-state index contributed by atoms with van der Waals surface area (Å²) in [5.74, 6) is 3.61. The summed E-state index contributed by atoms with van der Waals surface area (Å²) in [4.78, 5) is 0. The van der Waals surface area contributed by atoms with E-state index in [2.05, 4.69) is 34.6 Å². The Morgan fingerprint density at radius 3 is 1.41 bits per heavy atom. The number of hydrogen-bond donors (Lipinski definition) is 0. The first-order chi connectivity index (χ1) is 10.7. The van der Waals surface area contributed by atoms with Gasteiger partial charge in [0.2, 0.25) is 0 Å². The predicted octanol–water partition coefficient (Wildman–Crippen LogP) is 8.35. The van der Waals surface area contributed by atoms with E-state index in [4.69, 9.17) is 0 Å². The predicted molar refractivity (Wildman–Crippen MR) is 103 cm³/mol. The minimum absolute atomic E-state index is 0.854. The smallest absolute Gasteiger partial charge is 0.0185 e. The lowest BCUT2D eigenvalue weighted by atomic mass is 9.76. The van der Waals surface area contributed by atoms with Gasteiger partial charge in [-0.05, 0) is 24.2 Å². The lowest BCUT2D eigenvalue weighted by molar-refractivity contribution is 0.371. The molecular weight excluding hydrogens is 264 g/mol. The molecule has 0 aromatic heterocycles. The molecule has 0 saturated heterocycles. The summed E-state index contributed by atoms with van der Waals surface area (Å²) in [5, 5.41) is 0.